The van der Waals surface area contributed by atoms with Crippen molar-refractivity contribution in [3.8, 4) is 11.7 Å². The third kappa shape index (κ3) is 3.52. The smallest absolute Gasteiger partial charge is 0.437 e. The van der Waals surface area contributed by atoms with Crippen LogP contribution in [0.4, 0.5) is 0 Å². The van der Waals surface area contributed by atoms with Gasteiger partial charge in [-0.2, -0.15) is 4.68 Å². The highest BCUT2D eigenvalue weighted by atomic mass is 16.4. The summed E-state index contributed by atoms with van der Waals surface area (Å²) >= 11 is 0. The summed E-state index contributed by atoms with van der Waals surface area (Å²) < 4.78 is 11.1. The van der Waals surface area contributed by atoms with Crippen molar-refractivity contribution in [2.45, 2.75) is 19.5 Å². The Bertz CT molecular complexity index is 1140. The van der Waals surface area contributed by atoms with Gasteiger partial charge in [-0.15, -0.1) is 5.10 Å². The van der Waals surface area contributed by atoms with Gasteiger partial charge in [0.2, 0.25) is 5.91 Å². The molecule has 1 unspecified atom stereocenters. The standard InChI is InChI=1S/C20H17N3O4/c1-13(15-9-8-14-5-2-3-6-16(14)11-15)21-18(24)12-23-20(25)27-19(22-23)17-7-4-10-26-17/h2-11,13H,12H2,1H3,(H,21,24). The first-order chi connectivity index (χ1) is 13.1. The monoisotopic (exact) mass is 363 g/mol. The summed E-state index contributed by atoms with van der Waals surface area (Å²) in [5.74, 6) is -0.678. The first-order valence-corrected chi connectivity index (χ1v) is 8.50. The molecule has 0 spiro atoms. The molecule has 0 aliphatic heterocycles. The van der Waals surface area contributed by atoms with E-state index in [9.17, 15) is 9.59 Å². The fourth-order valence-electron chi connectivity index (χ4n) is 2.89. The highest BCUT2D eigenvalue weighted by Gasteiger charge is 2.16. The number of nitrogens with one attached hydrogen (secondary N) is 1. The minimum atomic E-state index is -0.713. The van der Waals surface area contributed by atoms with E-state index >= 15 is 0 Å². The zero-order chi connectivity index (χ0) is 18.8. The first kappa shape index (κ1) is 16.8. The Morgan fingerprint density at radius 2 is 1.96 bits per heavy atom. The van der Waals surface area contributed by atoms with Crippen molar-refractivity contribution >= 4 is 16.7 Å². The van der Waals surface area contributed by atoms with Crippen molar-refractivity contribution in [1.29, 1.82) is 0 Å². The van der Waals surface area contributed by atoms with Crippen LogP contribution in [0.25, 0.3) is 22.4 Å². The van der Waals surface area contributed by atoms with Crippen molar-refractivity contribution in [1.82, 2.24) is 15.1 Å². The number of amides is 1. The van der Waals surface area contributed by atoms with Gasteiger partial charge in [-0.3, -0.25) is 4.79 Å². The van der Waals surface area contributed by atoms with Gasteiger partial charge < -0.3 is 14.2 Å². The van der Waals surface area contributed by atoms with Gasteiger partial charge in [-0.1, -0.05) is 36.4 Å². The van der Waals surface area contributed by atoms with Crippen LogP contribution in [-0.2, 0) is 11.3 Å². The second-order valence-electron chi connectivity index (χ2n) is 6.20. The molecular formula is C20H17N3O4. The van der Waals surface area contributed by atoms with Crippen LogP contribution in [0.2, 0.25) is 0 Å². The van der Waals surface area contributed by atoms with Crippen LogP contribution >= 0.6 is 0 Å². The number of carbonyl (C=O) groups excluding carboxylic acids is 1. The molecule has 0 bridgehead atoms. The highest BCUT2D eigenvalue weighted by Crippen LogP contribution is 2.20. The van der Waals surface area contributed by atoms with Crippen LogP contribution in [0, 0.1) is 0 Å². The number of hydrogen-bond acceptors (Lipinski definition) is 5. The molecule has 1 atom stereocenters. The molecule has 0 aliphatic rings. The minimum absolute atomic E-state index is 0.0420. The van der Waals surface area contributed by atoms with Crippen LogP contribution < -0.4 is 11.1 Å². The Hall–Kier alpha value is -3.61. The molecule has 2 aromatic heterocycles. The normalized spacial score (nSPS) is 12.2. The Kier molecular flexibility index (Phi) is 4.33. The molecule has 4 aromatic rings. The van der Waals surface area contributed by atoms with Crippen LogP contribution in [0.5, 0.6) is 0 Å². The maximum Gasteiger partial charge on any atom is 0.437 e. The van der Waals surface area contributed by atoms with E-state index in [2.05, 4.69) is 10.4 Å². The number of carbonyl (C=O) groups is 1. The van der Waals surface area contributed by atoms with Crippen LogP contribution in [-0.4, -0.2) is 15.7 Å². The molecular weight excluding hydrogens is 346 g/mol. The number of furan rings is 1. The van der Waals surface area contributed by atoms with Gasteiger partial charge in [0.1, 0.15) is 6.54 Å². The molecule has 0 fully saturated rings. The van der Waals surface area contributed by atoms with E-state index < -0.39 is 5.76 Å². The van der Waals surface area contributed by atoms with Crippen molar-refractivity contribution in [2.24, 2.45) is 0 Å². The Morgan fingerprint density at radius 1 is 1.15 bits per heavy atom. The summed E-state index contributed by atoms with van der Waals surface area (Å²) in [7, 11) is 0. The van der Waals surface area contributed by atoms with Crippen LogP contribution in [0.15, 0.2) is 74.5 Å². The topological polar surface area (TPSA) is 90.3 Å². The lowest BCUT2D eigenvalue weighted by Crippen LogP contribution is -2.33. The van der Waals surface area contributed by atoms with E-state index in [4.69, 9.17) is 8.83 Å². The number of nitrogens with zero attached hydrogens (tertiary/aromatic N) is 2. The van der Waals surface area contributed by atoms with E-state index in [1.165, 1.54) is 6.26 Å². The number of hydrogen-bond donors (Lipinski definition) is 1. The molecule has 7 nitrogen and oxygen atoms in total. The molecule has 0 aliphatic carbocycles. The maximum atomic E-state index is 12.3. The molecule has 2 aromatic carbocycles. The van der Waals surface area contributed by atoms with Gasteiger partial charge in [0.25, 0.3) is 5.89 Å². The quantitative estimate of drug-likeness (QED) is 0.588. The van der Waals surface area contributed by atoms with Gasteiger partial charge in [0, 0.05) is 0 Å². The predicted octanol–water partition coefficient (Wildman–Crippen LogP) is 3.13. The highest BCUT2D eigenvalue weighted by molar-refractivity contribution is 5.83. The summed E-state index contributed by atoms with van der Waals surface area (Å²) in [6.45, 7) is 1.66. The summed E-state index contributed by atoms with van der Waals surface area (Å²) in [6, 6.07) is 17.1. The second-order valence-corrected chi connectivity index (χ2v) is 6.20. The van der Waals surface area contributed by atoms with E-state index in [0.29, 0.717) is 5.76 Å². The van der Waals surface area contributed by atoms with Gasteiger partial charge in [0.05, 0.1) is 12.3 Å². The molecule has 136 valence electrons. The third-order valence-electron chi connectivity index (χ3n) is 4.28. The summed E-state index contributed by atoms with van der Waals surface area (Å²) in [6.07, 6.45) is 1.45. The summed E-state index contributed by atoms with van der Waals surface area (Å²) in [5, 5.41) is 9.11. The Morgan fingerprint density at radius 3 is 2.74 bits per heavy atom. The first-order valence-electron chi connectivity index (χ1n) is 8.50. The van der Waals surface area contributed by atoms with Crippen molar-refractivity contribution < 1.29 is 13.6 Å². The average molecular weight is 363 g/mol. The molecule has 7 heteroatoms. The molecule has 1 amide bonds. The number of rotatable bonds is 5. The zero-order valence-electron chi connectivity index (χ0n) is 14.6. The largest absolute Gasteiger partial charge is 0.459 e. The average Bonchev–Trinajstić information content (AvgIpc) is 3.31. The fraction of sp³-hybridized carbons (Fsp3) is 0.150. The van der Waals surface area contributed by atoms with E-state index in [-0.39, 0.29) is 24.4 Å². The summed E-state index contributed by atoms with van der Waals surface area (Å²) in [5.41, 5.74) is 0.978. The lowest BCUT2D eigenvalue weighted by molar-refractivity contribution is -0.122. The Balaban J connectivity index is 1.46. The maximum absolute atomic E-state index is 12.3. The molecule has 2 heterocycles. The SMILES string of the molecule is CC(NC(=O)Cn1nc(-c2ccco2)oc1=O)c1ccc2ccccc2c1. The van der Waals surface area contributed by atoms with Crippen molar-refractivity contribution in [3.63, 3.8) is 0 Å². The molecule has 0 saturated heterocycles. The number of benzene rings is 2. The lowest BCUT2D eigenvalue weighted by atomic mass is 10.0. The number of fused-ring (bicyclic) bond motifs is 1. The number of aromatic nitrogens is 2. The summed E-state index contributed by atoms with van der Waals surface area (Å²) in [4.78, 5) is 24.2. The minimum Gasteiger partial charge on any atom is -0.459 e. The molecule has 0 saturated carbocycles. The third-order valence-corrected chi connectivity index (χ3v) is 4.28. The van der Waals surface area contributed by atoms with Gasteiger partial charge in [-0.05, 0) is 41.5 Å². The predicted molar refractivity (Wildman–Crippen MR) is 99.0 cm³/mol. The van der Waals surface area contributed by atoms with E-state index in [0.717, 1.165) is 21.0 Å². The fourth-order valence-corrected chi connectivity index (χ4v) is 2.89. The molecule has 4 rings (SSSR count). The van der Waals surface area contributed by atoms with Gasteiger partial charge in [0.15, 0.2) is 5.76 Å². The second kappa shape index (κ2) is 6.95. The van der Waals surface area contributed by atoms with Gasteiger partial charge >= 0.3 is 5.76 Å². The van der Waals surface area contributed by atoms with E-state index in [1.54, 1.807) is 12.1 Å². The van der Waals surface area contributed by atoms with Crippen LogP contribution in [0.1, 0.15) is 18.5 Å². The lowest BCUT2D eigenvalue weighted by Gasteiger charge is -2.14. The van der Waals surface area contributed by atoms with Gasteiger partial charge in [-0.25, -0.2) is 4.79 Å². The van der Waals surface area contributed by atoms with Crippen molar-refractivity contribution in [3.05, 3.63) is 77.0 Å². The van der Waals surface area contributed by atoms with E-state index in [1.807, 2.05) is 49.4 Å². The molecule has 27 heavy (non-hydrogen) atoms. The molecule has 0 radical (unpaired) electrons. The Labute approximate surface area is 154 Å². The zero-order valence-corrected chi connectivity index (χ0v) is 14.6. The van der Waals surface area contributed by atoms with Crippen LogP contribution in [0.3, 0.4) is 0 Å². The molecule has 1 N–H and O–H groups in total. The van der Waals surface area contributed by atoms with Crippen molar-refractivity contribution in [2.75, 3.05) is 0 Å².